The first-order valence-corrected chi connectivity index (χ1v) is 6.61. The molecule has 0 aliphatic carbocycles. The summed E-state index contributed by atoms with van der Waals surface area (Å²) in [6, 6.07) is 0. The molecule has 0 aromatic rings. The normalized spacial score (nSPS) is 21.2. The second kappa shape index (κ2) is 6.29. The van der Waals surface area contributed by atoms with Gasteiger partial charge in [-0.25, -0.2) is 0 Å². The molecule has 1 unspecified atom stereocenters. The molecule has 1 heterocycles. The molecule has 1 aliphatic rings. The summed E-state index contributed by atoms with van der Waals surface area (Å²) in [5.74, 6) is 0.821. The lowest BCUT2D eigenvalue weighted by atomic mass is 9.96. The molecular formula is C14H28N2. The lowest BCUT2D eigenvalue weighted by molar-refractivity contribution is 0.171. The summed E-state index contributed by atoms with van der Waals surface area (Å²) in [5, 5.41) is 3.25. The third-order valence-corrected chi connectivity index (χ3v) is 3.61. The summed E-state index contributed by atoms with van der Waals surface area (Å²) >= 11 is 0. The molecule has 0 fully saturated rings. The van der Waals surface area contributed by atoms with Crippen LogP contribution in [0.2, 0.25) is 0 Å². The monoisotopic (exact) mass is 224 g/mol. The van der Waals surface area contributed by atoms with Crippen molar-refractivity contribution in [1.82, 2.24) is 10.2 Å². The smallest absolute Gasteiger partial charge is 0.0146 e. The van der Waals surface area contributed by atoms with Crippen molar-refractivity contribution in [2.24, 2.45) is 5.92 Å². The van der Waals surface area contributed by atoms with Crippen molar-refractivity contribution in [3.8, 4) is 0 Å². The maximum absolute atomic E-state index is 3.25. The summed E-state index contributed by atoms with van der Waals surface area (Å²) in [7, 11) is 2.23. The average Bonchev–Trinajstić information content (AvgIpc) is 2.24. The molecule has 94 valence electrons. The number of hydrogen-bond donors (Lipinski definition) is 1. The van der Waals surface area contributed by atoms with Crippen molar-refractivity contribution in [3.05, 3.63) is 12.3 Å². The molecule has 0 saturated carbocycles. The summed E-state index contributed by atoms with van der Waals surface area (Å²) in [5.41, 5.74) is 0.314. The number of nitrogens with one attached hydrogen (secondary N) is 1. The van der Waals surface area contributed by atoms with E-state index in [4.69, 9.17) is 0 Å². The minimum absolute atomic E-state index is 0.314. The minimum Gasteiger partial charge on any atom is -0.391 e. The summed E-state index contributed by atoms with van der Waals surface area (Å²) in [4.78, 5) is 2.45. The van der Waals surface area contributed by atoms with Crippen LogP contribution in [0, 0.1) is 5.92 Å². The first kappa shape index (κ1) is 13.6. The van der Waals surface area contributed by atoms with Gasteiger partial charge in [0.15, 0.2) is 0 Å². The van der Waals surface area contributed by atoms with E-state index in [1.165, 1.54) is 32.2 Å². The third-order valence-electron chi connectivity index (χ3n) is 3.61. The van der Waals surface area contributed by atoms with Gasteiger partial charge in [0.25, 0.3) is 0 Å². The highest BCUT2D eigenvalue weighted by Crippen LogP contribution is 2.17. The summed E-state index contributed by atoms with van der Waals surface area (Å²) < 4.78 is 0. The highest BCUT2D eigenvalue weighted by Gasteiger charge is 2.16. The molecule has 0 aromatic carbocycles. The van der Waals surface area contributed by atoms with Crippen LogP contribution in [-0.2, 0) is 0 Å². The Bertz CT molecular complexity index is 215. The van der Waals surface area contributed by atoms with Crippen molar-refractivity contribution in [2.45, 2.75) is 52.0 Å². The summed E-state index contributed by atoms with van der Waals surface area (Å²) in [6.45, 7) is 9.22. The van der Waals surface area contributed by atoms with Crippen molar-refractivity contribution in [3.63, 3.8) is 0 Å². The molecular weight excluding hydrogens is 196 g/mol. The molecule has 2 heteroatoms. The fourth-order valence-electron chi connectivity index (χ4n) is 1.98. The standard InChI is InChI=1S/C14H28N2/c1-14(2,3)16(4)12-6-5-7-13-8-10-15-11-9-13/h8,10,13,15H,5-7,9,11-12H2,1-4H3. The largest absolute Gasteiger partial charge is 0.391 e. The van der Waals surface area contributed by atoms with Crippen LogP contribution in [0.1, 0.15) is 46.5 Å². The van der Waals surface area contributed by atoms with Gasteiger partial charge >= 0.3 is 0 Å². The van der Waals surface area contributed by atoms with Crippen molar-refractivity contribution < 1.29 is 0 Å². The van der Waals surface area contributed by atoms with Gasteiger partial charge in [-0.1, -0.05) is 12.5 Å². The number of nitrogens with zero attached hydrogens (tertiary/aromatic N) is 1. The van der Waals surface area contributed by atoms with Crippen molar-refractivity contribution in [2.75, 3.05) is 20.1 Å². The van der Waals surface area contributed by atoms with Crippen LogP contribution in [0.5, 0.6) is 0 Å². The van der Waals surface area contributed by atoms with Gasteiger partial charge in [-0.2, -0.15) is 0 Å². The predicted octanol–water partition coefficient (Wildman–Crippen LogP) is 3.01. The minimum atomic E-state index is 0.314. The van der Waals surface area contributed by atoms with E-state index >= 15 is 0 Å². The zero-order valence-electron chi connectivity index (χ0n) is 11.4. The lowest BCUT2D eigenvalue weighted by Crippen LogP contribution is -2.38. The molecule has 16 heavy (non-hydrogen) atoms. The maximum Gasteiger partial charge on any atom is 0.0146 e. The van der Waals surface area contributed by atoms with E-state index in [1.54, 1.807) is 0 Å². The molecule has 1 atom stereocenters. The Morgan fingerprint density at radius 2 is 2.06 bits per heavy atom. The Hall–Kier alpha value is -0.500. The number of rotatable bonds is 5. The molecule has 0 amide bonds. The van der Waals surface area contributed by atoms with Gasteiger partial charge in [0.05, 0.1) is 0 Å². The van der Waals surface area contributed by atoms with Crippen LogP contribution >= 0.6 is 0 Å². The Morgan fingerprint density at radius 3 is 2.62 bits per heavy atom. The molecule has 1 aliphatic heterocycles. The average molecular weight is 224 g/mol. The van der Waals surface area contributed by atoms with Gasteiger partial charge in [-0.15, -0.1) is 0 Å². The number of hydrogen-bond acceptors (Lipinski definition) is 2. The summed E-state index contributed by atoms with van der Waals surface area (Å²) in [6.07, 6.45) is 9.80. The lowest BCUT2D eigenvalue weighted by Gasteiger charge is -2.32. The SMILES string of the molecule is CN(CCCCC1C=CNCC1)C(C)(C)C. The molecule has 0 saturated heterocycles. The first-order chi connectivity index (χ1) is 7.50. The van der Waals surface area contributed by atoms with E-state index in [-0.39, 0.29) is 0 Å². The Labute approximate surface area is 101 Å². The maximum atomic E-state index is 3.25. The Kier molecular flexibility index (Phi) is 5.33. The zero-order chi connectivity index (χ0) is 12.0. The van der Waals surface area contributed by atoms with Gasteiger partial charge in [0.2, 0.25) is 0 Å². The van der Waals surface area contributed by atoms with Gasteiger partial charge in [0.1, 0.15) is 0 Å². The van der Waals surface area contributed by atoms with E-state index in [1.807, 2.05) is 0 Å². The number of unbranched alkanes of at least 4 members (excludes halogenated alkanes) is 1. The molecule has 0 spiro atoms. The predicted molar refractivity (Wildman–Crippen MR) is 71.5 cm³/mol. The van der Waals surface area contributed by atoms with E-state index < -0.39 is 0 Å². The topological polar surface area (TPSA) is 15.3 Å². The molecule has 2 nitrogen and oxygen atoms in total. The zero-order valence-corrected chi connectivity index (χ0v) is 11.4. The highest BCUT2D eigenvalue weighted by molar-refractivity contribution is 4.91. The Balaban J connectivity index is 2.07. The van der Waals surface area contributed by atoms with Crippen LogP contribution in [-0.4, -0.2) is 30.6 Å². The fraction of sp³-hybridized carbons (Fsp3) is 0.857. The molecule has 0 radical (unpaired) electrons. The van der Waals surface area contributed by atoms with Gasteiger partial charge in [0, 0.05) is 12.1 Å². The quantitative estimate of drug-likeness (QED) is 0.722. The van der Waals surface area contributed by atoms with Crippen LogP contribution < -0.4 is 5.32 Å². The highest BCUT2D eigenvalue weighted by atomic mass is 15.1. The fourth-order valence-corrected chi connectivity index (χ4v) is 1.98. The molecule has 1 N–H and O–H groups in total. The van der Waals surface area contributed by atoms with E-state index in [9.17, 15) is 0 Å². The second-order valence-corrected chi connectivity index (χ2v) is 5.95. The van der Waals surface area contributed by atoms with Crippen LogP contribution in [0.25, 0.3) is 0 Å². The second-order valence-electron chi connectivity index (χ2n) is 5.95. The van der Waals surface area contributed by atoms with Crippen LogP contribution in [0.4, 0.5) is 0 Å². The van der Waals surface area contributed by atoms with Gasteiger partial charge in [-0.05, 0) is 65.7 Å². The van der Waals surface area contributed by atoms with Gasteiger partial charge < -0.3 is 10.2 Å². The van der Waals surface area contributed by atoms with Gasteiger partial charge in [-0.3, -0.25) is 0 Å². The molecule has 0 bridgehead atoms. The number of allylic oxidation sites excluding steroid dienone is 1. The third kappa shape index (κ3) is 5.02. The molecule has 1 rings (SSSR count). The van der Waals surface area contributed by atoms with Crippen molar-refractivity contribution in [1.29, 1.82) is 0 Å². The molecule has 0 aromatic heterocycles. The van der Waals surface area contributed by atoms with Crippen molar-refractivity contribution >= 4 is 0 Å². The van der Waals surface area contributed by atoms with E-state index in [0.717, 1.165) is 12.5 Å². The Morgan fingerprint density at radius 1 is 1.31 bits per heavy atom. The van der Waals surface area contributed by atoms with E-state index in [2.05, 4.69) is 50.3 Å². The first-order valence-electron chi connectivity index (χ1n) is 6.61. The van der Waals surface area contributed by atoms with Crippen LogP contribution in [0.15, 0.2) is 12.3 Å². The van der Waals surface area contributed by atoms with E-state index in [0.29, 0.717) is 5.54 Å². The van der Waals surface area contributed by atoms with Crippen LogP contribution in [0.3, 0.4) is 0 Å².